The molecule has 0 spiro atoms. The lowest BCUT2D eigenvalue weighted by Gasteiger charge is -2.10. The third-order valence-electron chi connectivity index (χ3n) is 3.85. The molecule has 0 unspecified atom stereocenters. The van der Waals surface area contributed by atoms with Crippen molar-refractivity contribution < 1.29 is 14.3 Å². The molecule has 9 nitrogen and oxygen atoms in total. The van der Waals surface area contributed by atoms with Gasteiger partial charge in [0.1, 0.15) is 23.6 Å². The number of carbonyl (C=O) groups excluding carboxylic acids is 1. The highest BCUT2D eigenvalue weighted by Gasteiger charge is 2.16. The highest BCUT2D eigenvalue weighted by Crippen LogP contribution is 2.24. The average molecular weight is 376 g/mol. The van der Waals surface area contributed by atoms with Crippen LogP contribution in [-0.2, 0) is 0 Å². The van der Waals surface area contributed by atoms with Gasteiger partial charge in [-0.1, -0.05) is 6.07 Å². The molecular formula is C19H16N6O3. The number of amides is 1. The Morgan fingerprint density at radius 3 is 2.89 bits per heavy atom. The van der Waals surface area contributed by atoms with Crippen molar-refractivity contribution in [3.63, 3.8) is 0 Å². The zero-order valence-electron chi connectivity index (χ0n) is 15.2. The standard InChI is InChI=1S/C19H16N6O3/c1-12-6-13(9-20-8-12)28-14-7-15(18-21-11-22-25(18)10-14)19(26)24-16-4-3-5-17(23-16)27-2/h3-11H,1-2H3,(H,23,24,26). The van der Waals surface area contributed by atoms with Crippen molar-refractivity contribution in [2.24, 2.45) is 0 Å². The van der Waals surface area contributed by atoms with E-state index in [1.807, 2.05) is 13.0 Å². The van der Waals surface area contributed by atoms with E-state index in [9.17, 15) is 4.79 Å². The van der Waals surface area contributed by atoms with E-state index in [-0.39, 0.29) is 0 Å². The predicted molar refractivity (Wildman–Crippen MR) is 101 cm³/mol. The Labute approximate surface area is 160 Å². The van der Waals surface area contributed by atoms with Crippen LogP contribution >= 0.6 is 0 Å². The largest absolute Gasteiger partial charge is 0.481 e. The van der Waals surface area contributed by atoms with E-state index >= 15 is 0 Å². The molecule has 0 aliphatic rings. The van der Waals surface area contributed by atoms with Crippen LogP contribution in [0.5, 0.6) is 17.4 Å². The van der Waals surface area contributed by atoms with E-state index in [1.54, 1.807) is 42.9 Å². The van der Waals surface area contributed by atoms with Crippen LogP contribution in [0.15, 0.2) is 55.2 Å². The molecule has 4 rings (SSSR count). The fraction of sp³-hybridized carbons (Fsp3) is 0.105. The van der Waals surface area contributed by atoms with E-state index in [0.29, 0.717) is 34.4 Å². The third kappa shape index (κ3) is 3.58. The Bertz CT molecular complexity index is 1160. The van der Waals surface area contributed by atoms with Crippen molar-refractivity contribution in [3.05, 3.63) is 66.4 Å². The molecule has 1 amide bonds. The molecule has 0 aromatic carbocycles. The second kappa shape index (κ2) is 7.31. The minimum atomic E-state index is -0.397. The molecular weight excluding hydrogens is 360 g/mol. The van der Waals surface area contributed by atoms with Crippen molar-refractivity contribution in [1.82, 2.24) is 24.6 Å². The number of methoxy groups -OCH3 is 1. The Morgan fingerprint density at radius 1 is 1.18 bits per heavy atom. The van der Waals surface area contributed by atoms with Crippen LogP contribution in [0.1, 0.15) is 15.9 Å². The molecule has 1 N–H and O–H groups in total. The molecule has 4 heterocycles. The van der Waals surface area contributed by atoms with E-state index in [0.717, 1.165) is 5.56 Å². The van der Waals surface area contributed by atoms with E-state index in [1.165, 1.54) is 18.0 Å². The number of aromatic nitrogens is 5. The normalized spacial score (nSPS) is 10.6. The average Bonchev–Trinajstić information content (AvgIpc) is 3.16. The number of aryl methyl sites for hydroxylation is 1. The molecule has 4 aromatic heterocycles. The van der Waals surface area contributed by atoms with Gasteiger partial charge in [0.25, 0.3) is 5.91 Å². The van der Waals surface area contributed by atoms with E-state index in [4.69, 9.17) is 9.47 Å². The maximum Gasteiger partial charge on any atom is 0.260 e. The molecule has 0 atom stereocenters. The predicted octanol–water partition coefficient (Wildman–Crippen LogP) is 2.88. The van der Waals surface area contributed by atoms with Crippen molar-refractivity contribution >= 4 is 17.4 Å². The number of hydrogen-bond donors (Lipinski definition) is 1. The van der Waals surface area contributed by atoms with Crippen molar-refractivity contribution in [3.8, 4) is 17.4 Å². The van der Waals surface area contributed by atoms with Gasteiger partial charge in [0.2, 0.25) is 5.88 Å². The fourth-order valence-electron chi connectivity index (χ4n) is 2.63. The second-order valence-electron chi connectivity index (χ2n) is 5.94. The number of fused-ring (bicyclic) bond motifs is 1. The summed E-state index contributed by atoms with van der Waals surface area (Å²) in [5, 5.41) is 6.85. The van der Waals surface area contributed by atoms with Crippen LogP contribution in [0.2, 0.25) is 0 Å². The molecule has 28 heavy (non-hydrogen) atoms. The summed E-state index contributed by atoms with van der Waals surface area (Å²) in [6.45, 7) is 1.92. The van der Waals surface area contributed by atoms with Gasteiger partial charge >= 0.3 is 0 Å². The quantitative estimate of drug-likeness (QED) is 0.571. The Balaban J connectivity index is 1.67. The zero-order valence-corrected chi connectivity index (χ0v) is 15.2. The van der Waals surface area contributed by atoms with Gasteiger partial charge in [-0.2, -0.15) is 10.1 Å². The smallest absolute Gasteiger partial charge is 0.260 e. The maximum atomic E-state index is 12.8. The van der Waals surface area contributed by atoms with Crippen molar-refractivity contribution in [2.75, 3.05) is 12.4 Å². The van der Waals surface area contributed by atoms with Crippen LogP contribution < -0.4 is 14.8 Å². The third-order valence-corrected chi connectivity index (χ3v) is 3.85. The summed E-state index contributed by atoms with van der Waals surface area (Å²) in [6, 6.07) is 8.54. The molecule has 4 aromatic rings. The summed E-state index contributed by atoms with van der Waals surface area (Å²) in [6.07, 6.45) is 6.34. The summed E-state index contributed by atoms with van der Waals surface area (Å²) in [5.74, 6) is 1.34. The van der Waals surface area contributed by atoms with Gasteiger partial charge in [0, 0.05) is 12.3 Å². The van der Waals surface area contributed by atoms with Gasteiger partial charge in [0.15, 0.2) is 5.65 Å². The highest BCUT2D eigenvalue weighted by molar-refractivity contribution is 6.08. The Kier molecular flexibility index (Phi) is 4.55. The molecule has 0 fully saturated rings. The number of carbonyl (C=O) groups is 1. The first kappa shape index (κ1) is 17.4. The fourth-order valence-corrected chi connectivity index (χ4v) is 2.63. The minimum absolute atomic E-state index is 0.292. The number of anilines is 1. The van der Waals surface area contributed by atoms with Crippen LogP contribution in [-0.4, -0.2) is 37.6 Å². The first-order valence-corrected chi connectivity index (χ1v) is 8.37. The molecule has 140 valence electrons. The van der Waals surface area contributed by atoms with Crippen molar-refractivity contribution in [1.29, 1.82) is 0 Å². The molecule has 0 bridgehead atoms. The topological polar surface area (TPSA) is 104 Å². The second-order valence-corrected chi connectivity index (χ2v) is 5.94. The van der Waals surface area contributed by atoms with Gasteiger partial charge in [-0.3, -0.25) is 9.78 Å². The first-order valence-electron chi connectivity index (χ1n) is 8.37. The molecule has 0 saturated carbocycles. The monoisotopic (exact) mass is 376 g/mol. The number of rotatable bonds is 5. The lowest BCUT2D eigenvalue weighted by molar-refractivity contribution is 0.102. The molecule has 0 aliphatic heterocycles. The lowest BCUT2D eigenvalue weighted by atomic mass is 10.2. The number of nitrogens with zero attached hydrogens (tertiary/aromatic N) is 5. The lowest BCUT2D eigenvalue weighted by Crippen LogP contribution is -2.15. The number of pyridine rings is 3. The number of nitrogens with one attached hydrogen (secondary N) is 1. The summed E-state index contributed by atoms with van der Waals surface area (Å²) >= 11 is 0. The SMILES string of the molecule is COc1cccc(NC(=O)c2cc(Oc3cncc(C)c3)cn3ncnc23)n1. The van der Waals surface area contributed by atoms with Crippen LogP contribution in [0, 0.1) is 6.92 Å². The Hall–Kier alpha value is -4.01. The maximum absolute atomic E-state index is 12.8. The van der Waals surface area contributed by atoms with Gasteiger partial charge in [0.05, 0.1) is 25.1 Å². The van der Waals surface area contributed by atoms with E-state index in [2.05, 4.69) is 25.4 Å². The molecule has 0 radical (unpaired) electrons. The zero-order chi connectivity index (χ0) is 19.5. The molecule has 9 heteroatoms. The van der Waals surface area contributed by atoms with Crippen LogP contribution in [0.3, 0.4) is 0 Å². The number of ether oxygens (including phenoxy) is 2. The highest BCUT2D eigenvalue weighted by atomic mass is 16.5. The molecule has 0 saturated heterocycles. The van der Waals surface area contributed by atoms with Gasteiger partial charge in [-0.25, -0.2) is 9.50 Å². The van der Waals surface area contributed by atoms with Gasteiger partial charge in [-0.05, 0) is 30.7 Å². The summed E-state index contributed by atoms with van der Waals surface area (Å²) < 4.78 is 12.4. The first-order chi connectivity index (χ1) is 13.6. The molecule has 0 aliphatic carbocycles. The Morgan fingerprint density at radius 2 is 2.07 bits per heavy atom. The van der Waals surface area contributed by atoms with Crippen LogP contribution in [0.4, 0.5) is 5.82 Å². The summed E-state index contributed by atoms with van der Waals surface area (Å²) in [4.78, 5) is 25.3. The van der Waals surface area contributed by atoms with Gasteiger partial charge in [-0.15, -0.1) is 0 Å². The number of hydrogen-bond acceptors (Lipinski definition) is 7. The van der Waals surface area contributed by atoms with Crippen LogP contribution in [0.25, 0.3) is 5.65 Å². The van der Waals surface area contributed by atoms with Gasteiger partial charge < -0.3 is 14.8 Å². The van der Waals surface area contributed by atoms with E-state index < -0.39 is 5.91 Å². The van der Waals surface area contributed by atoms with Crippen molar-refractivity contribution in [2.45, 2.75) is 6.92 Å². The minimum Gasteiger partial charge on any atom is -0.481 e. The summed E-state index contributed by atoms with van der Waals surface area (Å²) in [5.41, 5.74) is 1.65. The summed E-state index contributed by atoms with van der Waals surface area (Å²) in [7, 11) is 1.51.